The van der Waals surface area contributed by atoms with E-state index in [9.17, 15) is 22.8 Å². The molecule has 0 saturated carbocycles. The van der Waals surface area contributed by atoms with Crippen molar-refractivity contribution in [1.82, 2.24) is 0 Å². The first-order valence-electron chi connectivity index (χ1n) is 9.25. The van der Waals surface area contributed by atoms with Gasteiger partial charge in [0.1, 0.15) is 17.1 Å². The highest BCUT2D eigenvalue weighted by molar-refractivity contribution is 5.98. The van der Waals surface area contributed by atoms with Crippen LogP contribution in [0.25, 0.3) is 0 Å². The number of nitrogens with one attached hydrogen (secondary N) is 1. The highest BCUT2D eigenvalue weighted by Crippen LogP contribution is 2.31. The number of hydrogen-bond acceptors (Lipinski definition) is 4. The Morgan fingerprint density at radius 1 is 0.903 bits per heavy atom. The zero-order valence-corrected chi connectivity index (χ0v) is 16.3. The van der Waals surface area contributed by atoms with E-state index in [1.165, 1.54) is 25.1 Å². The number of alkyl halides is 3. The summed E-state index contributed by atoms with van der Waals surface area (Å²) in [5, 5.41) is 2.32. The second-order valence-electron chi connectivity index (χ2n) is 6.53. The van der Waals surface area contributed by atoms with Gasteiger partial charge in [-0.25, -0.2) is 4.79 Å². The molecule has 3 aromatic carbocycles. The fourth-order valence-corrected chi connectivity index (χ4v) is 2.63. The Bertz CT molecular complexity index is 1070. The number of amides is 1. The molecule has 1 amide bonds. The molecule has 8 heteroatoms. The number of ether oxygens (including phenoxy) is 2. The van der Waals surface area contributed by atoms with Crippen LogP contribution < -0.4 is 10.1 Å². The van der Waals surface area contributed by atoms with E-state index in [-0.39, 0.29) is 17.0 Å². The van der Waals surface area contributed by atoms with Gasteiger partial charge >= 0.3 is 12.1 Å². The average Bonchev–Trinajstić information content (AvgIpc) is 2.74. The Kier molecular flexibility index (Phi) is 6.59. The molecule has 1 N–H and O–H groups in total. The van der Waals surface area contributed by atoms with Crippen LogP contribution in [0, 0.1) is 0 Å². The van der Waals surface area contributed by atoms with Crippen LogP contribution >= 0.6 is 0 Å². The summed E-state index contributed by atoms with van der Waals surface area (Å²) < 4.78 is 49.4. The number of benzene rings is 3. The zero-order valence-electron chi connectivity index (χ0n) is 16.3. The Morgan fingerprint density at radius 2 is 1.58 bits per heavy atom. The highest BCUT2D eigenvalue weighted by atomic mass is 19.4. The van der Waals surface area contributed by atoms with Crippen LogP contribution in [0.3, 0.4) is 0 Å². The van der Waals surface area contributed by atoms with Crippen LogP contribution in [0.5, 0.6) is 11.5 Å². The van der Waals surface area contributed by atoms with Gasteiger partial charge in [-0.2, -0.15) is 13.2 Å². The molecule has 3 aromatic rings. The van der Waals surface area contributed by atoms with Crippen molar-refractivity contribution >= 4 is 17.6 Å². The largest absolute Gasteiger partial charge is 0.456 e. The highest BCUT2D eigenvalue weighted by Gasteiger charge is 2.30. The molecule has 0 aromatic heterocycles. The third kappa shape index (κ3) is 5.85. The van der Waals surface area contributed by atoms with Gasteiger partial charge in [-0.05, 0) is 49.4 Å². The fraction of sp³-hybridized carbons (Fsp3) is 0.130. The molecule has 0 spiro atoms. The summed E-state index contributed by atoms with van der Waals surface area (Å²) in [4.78, 5) is 24.9. The Morgan fingerprint density at radius 3 is 2.29 bits per heavy atom. The molecule has 0 saturated heterocycles. The third-order valence-electron chi connectivity index (χ3n) is 4.19. The number of rotatable bonds is 6. The van der Waals surface area contributed by atoms with Gasteiger partial charge in [0.05, 0.1) is 5.56 Å². The summed E-state index contributed by atoms with van der Waals surface area (Å²) in [6, 6.07) is 19.3. The van der Waals surface area contributed by atoms with Gasteiger partial charge in [0, 0.05) is 5.69 Å². The molecule has 5 nitrogen and oxygen atoms in total. The zero-order chi connectivity index (χ0) is 22.4. The summed E-state index contributed by atoms with van der Waals surface area (Å²) in [5.74, 6) is -0.824. The molecule has 0 unspecified atom stereocenters. The van der Waals surface area contributed by atoms with Crippen LogP contribution in [0.2, 0.25) is 0 Å². The molecule has 31 heavy (non-hydrogen) atoms. The summed E-state index contributed by atoms with van der Waals surface area (Å²) in [6.07, 6.45) is -5.80. The van der Waals surface area contributed by atoms with Crippen LogP contribution in [-0.2, 0) is 15.7 Å². The minimum atomic E-state index is -4.54. The molecule has 0 fully saturated rings. The number of carbonyl (C=O) groups excluding carboxylic acids is 2. The van der Waals surface area contributed by atoms with Gasteiger partial charge < -0.3 is 14.8 Å². The normalized spacial score (nSPS) is 12.0. The second kappa shape index (κ2) is 9.34. The Hall–Kier alpha value is -3.81. The van der Waals surface area contributed by atoms with Crippen molar-refractivity contribution in [1.29, 1.82) is 0 Å². The molecule has 3 rings (SSSR count). The number of anilines is 1. The maximum absolute atomic E-state index is 12.8. The van der Waals surface area contributed by atoms with Crippen LogP contribution in [0.15, 0.2) is 78.9 Å². The molecule has 0 radical (unpaired) electrons. The molecule has 0 bridgehead atoms. The third-order valence-corrected chi connectivity index (χ3v) is 4.19. The predicted octanol–water partition coefficient (Wildman–Crippen LogP) is 5.68. The van der Waals surface area contributed by atoms with E-state index < -0.39 is 29.7 Å². The van der Waals surface area contributed by atoms with Gasteiger partial charge in [-0.15, -0.1) is 0 Å². The number of esters is 1. The van der Waals surface area contributed by atoms with E-state index >= 15 is 0 Å². The summed E-state index contributed by atoms with van der Waals surface area (Å²) in [6.45, 7) is 1.32. The van der Waals surface area contributed by atoms with Gasteiger partial charge in [0.15, 0.2) is 6.10 Å². The van der Waals surface area contributed by atoms with E-state index in [0.29, 0.717) is 5.75 Å². The lowest BCUT2D eigenvalue weighted by Gasteiger charge is -2.16. The van der Waals surface area contributed by atoms with E-state index in [1.807, 2.05) is 6.07 Å². The number of hydrogen-bond donors (Lipinski definition) is 1. The molecule has 0 aliphatic carbocycles. The maximum atomic E-state index is 12.8. The maximum Gasteiger partial charge on any atom is 0.416 e. The molecular weight excluding hydrogens is 411 g/mol. The first kappa shape index (κ1) is 21.9. The van der Waals surface area contributed by atoms with Gasteiger partial charge in [0.2, 0.25) is 0 Å². The van der Waals surface area contributed by atoms with E-state index in [2.05, 4.69) is 5.32 Å². The minimum absolute atomic E-state index is 0.0597. The second-order valence-corrected chi connectivity index (χ2v) is 6.53. The smallest absolute Gasteiger partial charge is 0.416 e. The van der Waals surface area contributed by atoms with Crippen LogP contribution in [-0.4, -0.2) is 18.0 Å². The van der Waals surface area contributed by atoms with Gasteiger partial charge in [-0.3, -0.25) is 4.79 Å². The quantitative estimate of drug-likeness (QED) is 0.512. The SMILES string of the molecule is C[C@H](OC(=O)c1ccccc1Oc1ccccc1)C(=O)Nc1cccc(C(F)(F)F)c1. The molecule has 0 aliphatic heterocycles. The van der Waals surface area contributed by atoms with Gasteiger partial charge in [0.25, 0.3) is 5.91 Å². The van der Waals surface area contributed by atoms with Crippen molar-refractivity contribution in [3.8, 4) is 11.5 Å². The van der Waals surface area contributed by atoms with E-state index in [4.69, 9.17) is 9.47 Å². The Balaban J connectivity index is 1.68. The fourth-order valence-electron chi connectivity index (χ4n) is 2.63. The van der Waals surface area contributed by atoms with Crippen molar-refractivity contribution < 1.29 is 32.2 Å². The van der Waals surface area contributed by atoms with E-state index in [1.54, 1.807) is 42.5 Å². The monoisotopic (exact) mass is 429 g/mol. The lowest BCUT2D eigenvalue weighted by Crippen LogP contribution is -2.30. The van der Waals surface area contributed by atoms with Gasteiger partial charge in [-0.1, -0.05) is 36.4 Å². The molecule has 0 aliphatic rings. The standard InChI is InChI=1S/C23H18F3NO4/c1-15(21(28)27-17-9-7-8-16(14-17)23(24,25)26)30-22(29)19-12-5-6-13-20(19)31-18-10-3-2-4-11-18/h2-15H,1H3,(H,27,28)/t15-/m0/s1. The van der Waals surface area contributed by atoms with Crippen LogP contribution in [0.4, 0.5) is 18.9 Å². The van der Waals surface area contributed by atoms with E-state index in [0.717, 1.165) is 12.1 Å². The first-order valence-corrected chi connectivity index (χ1v) is 9.25. The summed E-state index contributed by atoms with van der Waals surface area (Å²) in [7, 11) is 0. The molecule has 1 atom stereocenters. The van der Waals surface area contributed by atoms with Crippen molar-refractivity contribution in [2.75, 3.05) is 5.32 Å². The first-order chi connectivity index (χ1) is 14.7. The summed E-state index contributed by atoms with van der Waals surface area (Å²) in [5.41, 5.74) is -0.859. The number of carbonyl (C=O) groups is 2. The van der Waals surface area contributed by atoms with Crippen molar-refractivity contribution in [2.24, 2.45) is 0 Å². The summed E-state index contributed by atoms with van der Waals surface area (Å²) >= 11 is 0. The Labute approximate surface area is 176 Å². The molecular formula is C23H18F3NO4. The lowest BCUT2D eigenvalue weighted by molar-refractivity contribution is -0.137. The van der Waals surface area contributed by atoms with Crippen molar-refractivity contribution in [3.05, 3.63) is 90.0 Å². The number of halogens is 3. The minimum Gasteiger partial charge on any atom is -0.456 e. The van der Waals surface area contributed by atoms with Crippen molar-refractivity contribution in [3.63, 3.8) is 0 Å². The average molecular weight is 429 g/mol. The molecule has 160 valence electrons. The van der Waals surface area contributed by atoms with Crippen molar-refractivity contribution in [2.45, 2.75) is 19.2 Å². The lowest BCUT2D eigenvalue weighted by atomic mass is 10.2. The topological polar surface area (TPSA) is 64.6 Å². The van der Waals surface area contributed by atoms with Crippen LogP contribution in [0.1, 0.15) is 22.8 Å². The molecule has 0 heterocycles. The number of para-hydroxylation sites is 2. The predicted molar refractivity (Wildman–Crippen MR) is 108 cm³/mol.